The van der Waals surface area contributed by atoms with Crippen LogP contribution in [-0.4, -0.2) is 11.2 Å². The summed E-state index contributed by atoms with van der Waals surface area (Å²) in [6.45, 7) is 3.98. The molecule has 0 radical (unpaired) electrons. The lowest BCUT2D eigenvalue weighted by molar-refractivity contribution is 0.150. The molecular formula is C12H16O. The van der Waals surface area contributed by atoms with Crippen molar-refractivity contribution in [1.82, 2.24) is 0 Å². The second-order valence-electron chi connectivity index (χ2n) is 4.20. The highest BCUT2D eigenvalue weighted by molar-refractivity contribution is 5.34. The lowest BCUT2D eigenvalue weighted by Gasteiger charge is -2.18. The van der Waals surface area contributed by atoms with Gasteiger partial charge in [-0.05, 0) is 32.3 Å². The van der Waals surface area contributed by atoms with E-state index in [0.717, 1.165) is 12.8 Å². The van der Waals surface area contributed by atoms with Gasteiger partial charge in [-0.3, -0.25) is 0 Å². The molecule has 0 aromatic heterocycles. The zero-order valence-electron chi connectivity index (χ0n) is 8.25. The second-order valence-corrected chi connectivity index (χ2v) is 4.20. The van der Waals surface area contributed by atoms with Gasteiger partial charge in [-0.25, -0.2) is 0 Å². The Morgan fingerprint density at radius 1 is 1.23 bits per heavy atom. The molecule has 0 saturated heterocycles. The van der Waals surface area contributed by atoms with Crippen molar-refractivity contribution >= 4 is 0 Å². The molecule has 1 fully saturated rings. The first-order chi connectivity index (χ1) is 6.15. The van der Waals surface area contributed by atoms with Crippen LogP contribution in [0, 0.1) is 6.92 Å². The van der Waals surface area contributed by atoms with Crippen molar-refractivity contribution in [2.24, 2.45) is 0 Å². The van der Waals surface area contributed by atoms with Crippen molar-refractivity contribution in [2.45, 2.75) is 38.2 Å². The number of hydrogen-bond acceptors (Lipinski definition) is 1. The molecule has 0 heterocycles. The first-order valence-corrected chi connectivity index (χ1v) is 4.90. The van der Waals surface area contributed by atoms with Gasteiger partial charge in [0.2, 0.25) is 0 Å². The first kappa shape index (κ1) is 8.76. The summed E-state index contributed by atoms with van der Waals surface area (Å²) in [5.41, 5.74) is 2.67. The Balaban J connectivity index is 2.31. The quantitative estimate of drug-likeness (QED) is 0.733. The molecule has 0 spiro atoms. The van der Waals surface area contributed by atoms with Gasteiger partial charge in [-0.1, -0.05) is 29.8 Å². The van der Waals surface area contributed by atoms with Crippen LogP contribution in [0.25, 0.3) is 0 Å². The smallest absolute Gasteiger partial charge is 0.0608 e. The molecule has 1 saturated carbocycles. The van der Waals surface area contributed by atoms with E-state index in [1.165, 1.54) is 11.1 Å². The zero-order chi connectivity index (χ0) is 9.47. The molecule has 1 unspecified atom stereocenters. The molecule has 70 valence electrons. The van der Waals surface area contributed by atoms with Gasteiger partial charge >= 0.3 is 0 Å². The Morgan fingerprint density at radius 3 is 2.15 bits per heavy atom. The van der Waals surface area contributed by atoms with Gasteiger partial charge in [0.15, 0.2) is 0 Å². The van der Waals surface area contributed by atoms with Gasteiger partial charge in [0.25, 0.3) is 0 Å². The van der Waals surface area contributed by atoms with Gasteiger partial charge < -0.3 is 5.11 Å². The van der Waals surface area contributed by atoms with Crippen LogP contribution < -0.4 is 0 Å². The molecule has 1 aromatic carbocycles. The summed E-state index contributed by atoms with van der Waals surface area (Å²) in [7, 11) is 0. The van der Waals surface area contributed by atoms with E-state index >= 15 is 0 Å². The van der Waals surface area contributed by atoms with Crippen LogP contribution in [0.5, 0.6) is 0 Å². The fourth-order valence-corrected chi connectivity index (χ4v) is 1.97. The van der Waals surface area contributed by atoms with Crippen molar-refractivity contribution < 1.29 is 5.11 Å². The predicted molar refractivity (Wildman–Crippen MR) is 53.8 cm³/mol. The van der Waals surface area contributed by atoms with E-state index in [0.29, 0.717) is 0 Å². The van der Waals surface area contributed by atoms with Gasteiger partial charge in [-0.15, -0.1) is 0 Å². The Morgan fingerprint density at radius 2 is 1.77 bits per heavy atom. The van der Waals surface area contributed by atoms with Gasteiger partial charge in [0, 0.05) is 5.41 Å². The van der Waals surface area contributed by atoms with E-state index < -0.39 is 0 Å². The number of rotatable bonds is 2. The van der Waals surface area contributed by atoms with E-state index in [4.69, 9.17) is 0 Å². The highest BCUT2D eigenvalue weighted by atomic mass is 16.3. The molecule has 1 atom stereocenters. The lowest BCUT2D eigenvalue weighted by atomic mass is 9.90. The topological polar surface area (TPSA) is 20.2 Å². The van der Waals surface area contributed by atoms with Crippen LogP contribution in [0.4, 0.5) is 0 Å². The highest BCUT2D eigenvalue weighted by Gasteiger charge is 2.48. The van der Waals surface area contributed by atoms with E-state index in [2.05, 4.69) is 31.2 Å². The Hall–Kier alpha value is -0.820. The van der Waals surface area contributed by atoms with E-state index in [1.807, 2.05) is 6.92 Å². The minimum atomic E-state index is -0.213. The summed E-state index contributed by atoms with van der Waals surface area (Å²) in [6.07, 6.45) is 2.05. The maximum Gasteiger partial charge on any atom is 0.0608 e. The van der Waals surface area contributed by atoms with E-state index in [-0.39, 0.29) is 11.5 Å². The normalized spacial score (nSPS) is 21.2. The van der Waals surface area contributed by atoms with Gasteiger partial charge in [0.1, 0.15) is 0 Å². The molecule has 0 amide bonds. The van der Waals surface area contributed by atoms with Crippen LogP contribution in [0.15, 0.2) is 24.3 Å². The number of hydrogen-bond donors (Lipinski definition) is 1. The molecule has 1 aliphatic carbocycles. The van der Waals surface area contributed by atoms with Crippen molar-refractivity contribution in [2.75, 3.05) is 0 Å². The van der Waals surface area contributed by atoms with Gasteiger partial charge in [0.05, 0.1) is 6.10 Å². The number of aryl methyl sites for hydroxylation is 1. The summed E-state index contributed by atoms with van der Waals surface area (Å²) in [6, 6.07) is 8.54. The average molecular weight is 176 g/mol. The fraction of sp³-hybridized carbons (Fsp3) is 0.500. The van der Waals surface area contributed by atoms with Crippen molar-refractivity contribution in [3.63, 3.8) is 0 Å². The van der Waals surface area contributed by atoms with Crippen molar-refractivity contribution in [3.8, 4) is 0 Å². The average Bonchev–Trinajstić information content (AvgIpc) is 2.86. The monoisotopic (exact) mass is 176 g/mol. The summed E-state index contributed by atoms with van der Waals surface area (Å²) in [5.74, 6) is 0. The summed E-state index contributed by atoms with van der Waals surface area (Å²) in [4.78, 5) is 0. The third-order valence-corrected chi connectivity index (χ3v) is 3.21. The van der Waals surface area contributed by atoms with E-state index in [9.17, 15) is 5.11 Å². The minimum Gasteiger partial charge on any atom is -0.392 e. The molecular weight excluding hydrogens is 160 g/mol. The van der Waals surface area contributed by atoms with Crippen LogP contribution in [0.1, 0.15) is 30.9 Å². The van der Waals surface area contributed by atoms with Crippen molar-refractivity contribution in [3.05, 3.63) is 35.4 Å². The molecule has 1 aromatic rings. The summed E-state index contributed by atoms with van der Waals surface area (Å²) < 4.78 is 0. The maximum atomic E-state index is 9.67. The van der Waals surface area contributed by atoms with Crippen molar-refractivity contribution in [1.29, 1.82) is 0 Å². The predicted octanol–water partition coefficient (Wildman–Crippen LogP) is 2.41. The van der Waals surface area contributed by atoms with Crippen LogP contribution in [0.2, 0.25) is 0 Å². The van der Waals surface area contributed by atoms with Crippen LogP contribution in [0.3, 0.4) is 0 Å². The number of benzene rings is 1. The minimum absolute atomic E-state index is 0.0910. The second kappa shape index (κ2) is 2.85. The molecule has 0 aliphatic heterocycles. The molecule has 0 bridgehead atoms. The SMILES string of the molecule is Cc1ccc(C2(C(C)O)CC2)cc1. The number of aliphatic hydroxyl groups excluding tert-OH is 1. The molecule has 1 nitrogen and oxygen atoms in total. The Labute approximate surface area is 79.4 Å². The first-order valence-electron chi connectivity index (χ1n) is 4.90. The Kier molecular flexibility index (Phi) is 1.92. The molecule has 1 aliphatic rings. The molecule has 2 rings (SSSR count). The highest BCUT2D eigenvalue weighted by Crippen LogP contribution is 2.50. The number of aliphatic hydroxyl groups is 1. The summed E-state index contributed by atoms with van der Waals surface area (Å²) in [5, 5.41) is 9.67. The molecule has 1 heteroatoms. The largest absolute Gasteiger partial charge is 0.392 e. The fourth-order valence-electron chi connectivity index (χ4n) is 1.97. The Bertz CT molecular complexity index is 293. The molecule has 1 N–H and O–H groups in total. The lowest BCUT2D eigenvalue weighted by Crippen LogP contribution is -2.22. The van der Waals surface area contributed by atoms with Crippen LogP contribution >= 0.6 is 0 Å². The maximum absolute atomic E-state index is 9.67. The zero-order valence-corrected chi connectivity index (χ0v) is 8.25. The van der Waals surface area contributed by atoms with Crippen LogP contribution in [-0.2, 0) is 5.41 Å². The third kappa shape index (κ3) is 1.37. The van der Waals surface area contributed by atoms with E-state index in [1.54, 1.807) is 0 Å². The van der Waals surface area contributed by atoms with Gasteiger partial charge in [-0.2, -0.15) is 0 Å². The summed E-state index contributed by atoms with van der Waals surface area (Å²) >= 11 is 0. The third-order valence-electron chi connectivity index (χ3n) is 3.21. The molecule has 13 heavy (non-hydrogen) atoms. The standard InChI is InChI=1S/C12H16O/c1-9-3-5-11(6-4-9)12(7-8-12)10(2)13/h3-6,10,13H,7-8H2,1-2H3.